The SMILES string of the molecule is CNSc1ccc(NC)cc1. The van der Waals surface area contributed by atoms with E-state index < -0.39 is 0 Å². The monoisotopic (exact) mass is 168 g/mol. The van der Waals surface area contributed by atoms with Crippen LogP contribution in [-0.4, -0.2) is 14.1 Å². The van der Waals surface area contributed by atoms with Crippen molar-refractivity contribution >= 4 is 17.6 Å². The van der Waals surface area contributed by atoms with E-state index in [1.807, 2.05) is 14.1 Å². The van der Waals surface area contributed by atoms with Crippen molar-refractivity contribution in [2.45, 2.75) is 4.90 Å². The van der Waals surface area contributed by atoms with Crippen molar-refractivity contribution in [3.63, 3.8) is 0 Å². The summed E-state index contributed by atoms with van der Waals surface area (Å²) in [6.07, 6.45) is 0. The van der Waals surface area contributed by atoms with Crippen molar-refractivity contribution in [2.75, 3.05) is 19.4 Å². The highest BCUT2D eigenvalue weighted by molar-refractivity contribution is 7.97. The highest BCUT2D eigenvalue weighted by atomic mass is 32.2. The van der Waals surface area contributed by atoms with E-state index >= 15 is 0 Å². The predicted octanol–water partition coefficient (Wildman–Crippen LogP) is 1.95. The molecule has 0 aliphatic heterocycles. The van der Waals surface area contributed by atoms with Gasteiger partial charge in [-0.1, -0.05) is 0 Å². The summed E-state index contributed by atoms with van der Waals surface area (Å²) < 4.78 is 3.02. The first-order valence-corrected chi connectivity index (χ1v) is 4.30. The van der Waals surface area contributed by atoms with Crippen LogP contribution in [0.4, 0.5) is 5.69 Å². The van der Waals surface area contributed by atoms with Crippen LogP contribution in [0.2, 0.25) is 0 Å². The molecule has 0 fully saturated rings. The van der Waals surface area contributed by atoms with E-state index in [2.05, 4.69) is 34.3 Å². The summed E-state index contributed by atoms with van der Waals surface area (Å²) in [5, 5.41) is 3.07. The Morgan fingerprint density at radius 3 is 2.18 bits per heavy atom. The second-order valence-corrected chi connectivity index (χ2v) is 3.16. The molecule has 2 N–H and O–H groups in total. The van der Waals surface area contributed by atoms with E-state index in [4.69, 9.17) is 0 Å². The summed E-state index contributed by atoms with van der Waals surface area (Å²) in [6, 6.07) is 8.26. The van der Waals surface area contributed by atoms with E-state index in [0.717, 1.165) is 5.69 Å². The number of nitrogens with one attached hydrogen (secondary N) is 2. The van der Waals surface area contributed by atoms with Crippen LogP contribution >= 0.6 is 11.9 Å². The number of rotatable bonds is 3. The Kier molecular flexibility index (Phi) is 3.26. The third kappa shape index (κ3) is 2.44. The second-order valence-electron chi connectivity index (χ2n) is 2.08. The summed E-state index contributed by atoms with van der Waals surface area (Å²) >= 11 is 1.62. The van der Waals surface area contributed by atoms with Gasteiger partial charge in [-0.3, -0.25) is 4.72 Å². The number of anilines is 1. The third-order valence-corrected chi connectivity index (χ3v) is 2.07. The minimum atomic E-state index is 1.14. The second kappa shape index (κ2) is 4.26. The van der Waals surface area contributed by atoms with E-state index in [9.17, 15) is 0 Å². The first-order valence-electron chi connectivity index (χ1n) is 3.48. The van der Waals surface area contributed by atoms with Crippen LogP contribution in [0.5, 0.6) is 0 Å². The van der Waals surface area contributed by atoms with Crippen molar-refractivity contribution in [3.05, 3.63) is 24.3 Å². The molecule has 1 rings (SSSR count). The van der Waals surface area contributed by atoms with Gasteiger partial charge >= 0.3 is 0 Å². The average molecular weight is 168 g/mol. The lowest BCUT2D eigenvalue weighted by molar-refractivity contribution is 1.28. The molecule has 0 atom stereocenters. The summed E-state index contributed by atoms with van der Waals surface area (Å²) in [7, 11) is 3.83. The molecule has 0 saturated carbocycles. The summed E-state index contributed by atoms with van der Waals surface area (Å²) in [5.41, 5.74) is 1.14. The van der Waals surface area contributed by atoms with Crippen molar-refractivity contribution in [2.24, 2.45) is 0 Å². The van der Waals surface area contributed by atoms with E-state index in [-0.39, 0.29) is 0 Å². The molecule has 0 aliphatic rings. The topological polar surface area (TPSA) is 24.1 Å². The summed E-state index contributed by atoms with van der Waals surface area (Å²) in [6.45, 7) is 0. The van der Waals surface area contributed by atoms with Crippen LogP contribution in [-0.2, 0) is 0 Å². The van der Waals surface area contributed by atoms with Crippen LogP contribution in [0.15, 0.2) is 29.2 Å². The van der Waals surface area contributed by atoms with E-state index in [1.54, 1.807) is 11.9 Å². The Balaban J connectivity index is 2.66. The zero-order valence-corrected chi connectivity index (χ0v) is 7.53. The molecule has 0 bridgehead atoms. The molecule has 11 heavy (non-hydrogen) atoms. The largest absolute Gasteiger partial charge is 0.388 e. The zero-order chi connectivity index (χ0) is 8.10. The molecular formula is C8H12N2S. The normalized spacial score (nSPS) is 9.64. The molecule has 60 valence electrons. The molecule has 0 spiro atoms. The van der Waals surface area contributed by atoms with E-state index in [1.165, 1.54) is 4.90 Å². The molecule has 1 aromatic carbocycles. The van der Waals surface area contributed by atoms with Crippen LogP contribution in [0.25, 0.3) is 0 Å². The quantitative estimate of drug-likeness (QED) is 0.675. The minimum absolute atomic E-state index is 1.14. The lowest BCUT2D eigenvalue weighted by Gasteiger charge is -2.01. The molecule has 0 saturated heterocycles. The van der Waals surface area contributed by atoms with Gasteiger partial charge in [0.05, 0.1) is 0 Å². The Morgan fingerprint density at radius 1 is 1.09 bits per heavy atom. The van der Waals surface area contributed by atoms with Gasteiger partial charge in [0.25, 0.3) is 0 Å². The molecule has 1 aromatic rings. The van der Waals surface area contributed by atoms with Gasteiger partial charge in [-0.2, -0.15) is 0 Å². The first-order chi connectivity index (χ1) is 5.36. The zero-order valence-electron chi connectivity index (χ0n) is 6.72. The van der Waals surface area contributed by atoms with Crippen molar-refractivity contribution in [3.8, 4) is 0 Å². The van der Waals surface area contributed by atoms with Gasteiger partial charge in [0.15, 0.2) is 0 Å². The first kappa shape index (κ1) is 8.43. The summed E-state index contributed by atoms with van der Waals surface area (Å²) in [5.74, 6) is 0. The average Bonchev–Trinajstić information content (AvgIpc) is 2.07. The maximum absolute atomic E-state index is 3.07. The number of hydrogen-bond donors (Lipinski definition) is 2. The molecule has 0 aromatic heterocycles. The molecular weight excluding hydrogens is 156 g/mol. The van der Waals surface area contributed by atoms with Gasteiger partial charge in [0, 0.05) is 17.6 Å². The number of hydrogen-bond acceptors (Lipinski definition) is 3. The third-order valence-electron chi connectivity index (χ3n) is 1.36. The number of benzene rings is 1. The van der Waals surface area contributed by atoms with Crippen LogP contribution in [0.1, 0.15) is 0 Å². The molecule has 0 unspecified atom stereocenters. The molecule has 0 aliphatic carbocycles. The minimum Gasteiger partial charge on any atom is -0.388 e. The standard InChI is InChI=1S/C8H12N2S/c1-9-7-3-5-8(6-4-7)11-10-2/h3-6,9-10H,1-2H3. The van der Waals surface area contributed by atoms with Gasteiger partial charge in [0.2, 0.25) is 0 Å². The fraction of sp³-hybridized carbons (Fsp3) is 0.250. The van der Waals surface area contributed by atoms with Crippen molar-refractivity contribution < 1.29 is 0 Å². The molecule has 0 amide bonds. The Labute approximate surface area is 71.5 Å². The lowest BCUT2D eigenvalue weighted by atomic mass is 10.3. The van der Waals surface area contributed by atoms with Gasteiger partial charge in [-0.05, 0) is 43.3 Å². The Morgan fingerprint density at radius 2 is 1.73 bits per heavy atom. The van der Waals surface area contributed by atoms with Crippen LogP contribution in [0, 0.1) is 0 Å². The molecule has 0 heterocycles. The fourth-order valence-corrected chi connectivity index (χ4v) is 1.32. The predicted molar refractivity (Wildman–Crippen MR) is 50.9 cm³/mol. The van der Waals surface area contributed by atoms with Gasteiger partial charge in [-0.25, -0.2) is 0 Å². The maximum atomic E-state index is 3.07. The van der Waals surface area contributed by atoms with E-state index in [0.29, 0.717) is 0 Å². The Hall–Kier alpha value is -0.670. The molecule has 3 heteroatoms. The Bertz CT molecular complexity index is 208. The van der Waals surface area contributed by atoms with Crippen LogP contribution in [0.3, 0.4) is 0 Å². The van der Waals surface area contributed by atoms with Crippen molar-refractivity contribution in [1.82, 2.24) is 4.72 Å². The molecule has 0 radical (unpaired) electrons. The lowest BCUT2D eigenvalue weighted by Crippen LogP contribution is -1.91. The highest BCUT2D eigenvalue weighted by Gasteiger charge is 1.90. The maximum Gasteiger partial charge on any atom is 0.0338 e. The van der Waals surface area contributed by atoms with Crippen LogP contribution < -0.4 is 10.0 Å². The van der Waals surface area contributed by atoms with Gasteiger partial charge < -0.3 is 5.32 Å². The van der Waals surface area contributed by atoms with Crippen molar-refractivity contribution in [1.29, 1.82) is 0 Å². The molecule has 2 nitrogen and oxygen atoms in total. The fourth-order valence-electron chi connectivity index (χ4n) is 0.807. The summed E-state index contributed by atoms with van der Waals surface area (Å²) in [4.78, 5) is 1.23. The van der Waals surface area contributed by atoms with Gasteiger partial charge in [-0.15, -0.1) is 0 Å². The smallest absolute Gasteiger partial charge is 0.0338 e. The van der Waals surface area contributed by atoms with Gasteiger partial charge in [0.1, 0.15) is 0 Å². The highest BCUT2D eigenvalue weighted by Crippen LogP contribution is 2.16.